The Morgan fingerprint density at radius 1 is 1.00 bits per heavy atom. The summed E-state index contributed by atoms with van der Waals surface area (Å²) in [6.07, 6.45) is 0.356. The Morgan fingerprint density at radius 2 is 1.38 bits per heavy atom. The van der Waals surface area contributed by atoms with Crippen molar-refractivity contribution in [2.24, 2.45) is 16.6 Å². The molecule has 13 heavy (non-hydrogen) atoms. The average Bonchev–Trinajstić information content (AvgIpc) is 1.82. The third kappa shape index (κ3) is 4.63. The lowest BCUT2D eigenvalue weighted by Crippen LogP contribution is -2.41. The smallest absolute Gasteiger partial charge is 0.0603 e. The van der Waals surface area contributed by atoms with Crippen molar-refractivity contribution in [3.8, 4) is 0 Å². The molecular formula is C11H25NO. The van der Waals surface area contributed by atoms with Crippen LogP contribution in [0.2, 0.25) is 0 Å². The van der Waals surface area contributed by atoms with E-state index < -0.39 is 0 Å². The van der Waals surface area contributed by atoms with E-state index in [1.54, 1.807) is 0 Å². The van der Waals surface area contributed by atoms with Gasteiger partial charge in [0.25, 0.3) is 0 Å². The minimum atomic E-state index is -0.318. The predicted molar refractivity (Wildman–Crippen MR) is 57.5 cm³/mol. The van der Waals surface area contributed by atoms with Crippen LogP contribution in [-0.2, 0) is 0 Å². The molecule has 2 nitrogen and oxygen atoms in total. The summed E-state index contributed by atoms with van der Waals surface area (Å²) < 4.78 is 0. The summed E-state index contributed by atoms with van der Waals surface area (Å²) in [5.41, 5.74) is 6.00. The van der Waals surface area contributed by atoms with Crippen LogP contribution in [-0.4, -0.2) is 17.3 Å². The van der Waals surface area contributed by atoms with Gasteiger partial charge in [-0.2, -0.15) is 0 Å². The maximum absolute atomic E-state index is 9.84. The van der Waals surface area contributed by atoms with Crippen LogP contribution >= 0.6 is 0 Å². The van der Waals surface area contributed by atoms with Gasteiger partial charge in [0.1, 0.15) is 0 Å². The molecular weight excluding hydrogens is 162 g/mol. The highest BCUT2D eigenvalue weighted by Crippen LogP contribution is 2.27. The molecule has 2 atom stereocenters. The van der Waals surface area contributed by atoms with Crippen LogP contribution in [0.4, 0.5) is 0 Å². The second-order valence-electron chi connectivity index (χ2n) is 6.09. The second-order valence-corrected chi connectivity index (χ2v) is 6.09. The van der Waals surface area contributed by atoms with E-state index in [-0.39, 0.29) is 23.0 Å². The molecule has 80 valence electrons. The fraction of sp³-hybridized carbons (Fsp3) is 1.00. The SMILES string of the molecule is CC(C)(C)[C@@H](N)C[C@H](O)C(C)(C)C. The van der Waals surface area contributed by atoms with Gasteiger partial charge >= 0.3 is 0 Å². The number of nitrogens with two attached hydrogens (primary N) is 1. The normalized spacial score (nSPS) is 18.5. The van der Waals surface area contributed by atoms with E-state index in [0.717, 1.165) is 0 Å². The lowest BCUT2D eigenvalue weighted by Gasteiger charge is -2.33. The van der Waals surface area contributed by atoms with Gasteiger partial charge in [0.2, 0.25) is 0 Å². The van der Waals surface area contributed by atoms with Crippen molar-refractivity contribution < 1.29 is 5.11 Å². The summed E-state index contributed by atoms with van der Waals surface area (Å²) in [5, 5.41) is 9.84. The topological polar surface area (TPSA) is 46.2 Å². The zero-order chi connectivity index (χ0) is 10.9. The van der Waals surface area contributed by atoms with Gasteiger partial charge in [-0.15, -0.1) is 0 Å². The van der Waals surface area contributed by atoms with Gasteiger partial charge in [-0.1, -0.05) is 41.5 Å². The van der Waals surface area contributed by atoms with Crippen LogP contribution in [0.5, 0.6) is 0 Å². The molecule has 0 heterocycles. The Labute approximate surface area is 82.5 Å². The van der Waals surface area contributed by atoms with Crippen molar-refractivity contribution in [3.63, 3.8) is 0 Å². The molecule has 0 radical (unpaired) electrons. The van der Waals surface area contributed by atoms with Crippen LogP contribution < -0.4 is 5.73 Å². The number of aliphatic hydroxyl groups is 1. The maximum Gasteiger partial charge on any atom is 0.0603 e. The van der Waals surface area contributed by atoms with Crippen LogP contribution in [0.25, 0.3) is 0 Å². The molecule has 0 saturated carbocycles. The quantitative estimate of drug-likeness (QED) is 0.696. The lowest BCUT2D eigenvalue weighted by atomic mass is 9.78. The molecule has 0 fully saturated rings. The summed E-state index contributed by atoms with van der Waals surface area (Å²) in [7, 11) is 0. The van der Waals surface area contributed by atoms with Gasteiger partial charge in [-0.3, -0.25) is 0 Å². The number of aliphatic hydroxyl groups excluding tert-OH is 1. The first kappa shape index (κ1) is 12.9. The van der Waals surface area contributed by atoms with Gasteiger partial charge in [-0.25, -0.2) is 0 Å². The summed E-state index contributed by atoms with van der Waals surface area (Å²) in [6, 6.07) is 0.0572. The molecule has 0 aromatic rings. The zero-order valence-electron chi connectivity index (χ0n) is 9.89. The third-order valence-electron chi connectivity index (χ3n) is 2.59. The molecule has 0 aromatic heterocycles. The van der Waals surface area contributed by atoms with Gasteiger partial charge in [0, 0.05) is 6.04 Å². The molecule has 0 bridgehead atoms. The molecule has 0 aliphatic rings. The summed E-state index contributed by atoms with van der Waals surface area (Å²) in [6.45, 7) is 12.4. The van der Waals surface area contributed by atoms with E-state index in [4.69, 9.17) is 5.73 Å². The Hall–Kier alpha value is -0.0800. The van der Waals surface area contributed by atoms with Crippen LogP contribution in [0.1, 0.15) is 48.0 Å². The Morgan fingerprint density at radius 3 is 1.62 bits per heavy atom. The predicted octanol–water partition coefficient (Wildman–Crippen LogP) is 2.16. The van der Waals surface area contributed by atoms with Crippen molar-refractivity contribution in [1.82, 2.24) is 0 Å². The summed E-state index contributed by atoms with van der Waals surface area (Å²) >= 11 is 0. The molecule has 0 amide bonds. The van der Waals surface area contributed by atoms with E-state index in [2.05, 4.69) is 20.8 Å². The monoisotopic (exact) mass is 187 g/mol. The first-order valence-corrected chi connectivity index (χ1v) is 4.99. The first-order valence-electron chi connectivity index (χ1n) is 4.99. The molecule has 0 spiro atoms. The zero-order valence-corrected chi connectivity index (χ0v) is 9.89. The fourth-order valence-corrected chi connectivity index (χ4v) is 0.948. The molecule has 0 unspecified atom stereocenters. The molecule has 0 saturated heterocycles. The molecule has 2 heteroatoms. The molecule has 0 aliphatic heterocycles. The van der Waals surface area contributed by atoms with Crippen molar-refractivity contribution in [2.45, 2.75) is 60.1 Å². The third-order valence-corrected chi connectivity index (χ3v) is 2.59. The molecule has 0 aromatic carbocycles. The largest absolute Gasteiger partial charge is 0.393 e. The van der Waals surface area contributed by atoms with E-state index in [1.807, 2.05) is 20.8 Å². The van der Waals surface area contributed by atoms with Crippen molar-refractivity contribution in [1.29, 1.82) is 0 Å². The highest BCUT2D eigenvalue weighted by Gasteiger charge is 2.29. The summed E-state index contributed by atoms with van der Waals surface area (Å²) in [4.78, 5) is 0. The van der Waals surface area contributed by atoms with E-state index in [9.17, 15) is 5.11 Å². The Kier molecular flexibility index (Phi) is 3.95. The van der Waals surface area contributed by atoms with E-state index in [0.29, 0.717) is 6.42 Å². The van der Waals surface area contributed by atoms with Crippen molar-refractivity contribution in [2.75, 3.05) is 0 Å². The minimum Gasteiger partial charge on any atom is -0.393 e. The number of hydrogen-bond donors (Lipinski definition) is 2. The van der Waals surface area contributed by atoms with E-state index >= 15 is 0 Å². The van der Waals surface area contributed by atoms with E-state index in [1.165, 1.54) is 0 Å². The van der Waals surface area contributed by atoms with Crippen LogP contribution in [0.3, 0.4) is 0 Å². The minimum absolute atomic E-state index is 0.0572. The van der Waals surface area contributed by atoms with Gasteiger partial charge in [-0.05, 0) is 17.3 Å². The summed E-state index contributed by atoms with van der Waals surface area (Å²) in [5.74, 6) is 0. The standard InChI is InChI=1S/C11H25NO/c1-10(2,3)8(12)7-9(13)11(4,5)6/h8-9,13H,7,12H2,1-6H3/t8-,9-/m0/s1. The molecule has 0 rings (SSSR count). The van der Waals surface area contributed by atoms with Gasteiger partial charge in [0.15, 0.2) is 0 Å². The highest BCUT2D eigenvalue weighted by molar-refractivity contribution is 4.83. The van der Waals surface area contributed by atoms with Crippen molar-refractivity contribution >= 4 is 0 Å². The Bertz CT molecular complexity index is 134. The van der Waals surface area contributed by atoms with Gasteiger partial charge in [0.05, 0.1) is 6.10 Å². The highest BCUT2D eigenvalue weighted by atomic mass is 16.3. The van der Waals surface area contributed by atoms with Crippen LogP contribution in [0, 0.1) is 10.8 Å². The number of hydrogen-bond acceptors (Lipinski definition) is 2. The van der Waals surface area contributed by atoms with Crippen molar-refractivity contribution in [3.05, 3.63) is 0 Å². The fourth-order valence-electron chi connectivity index (χ4n) is 0.948. The first-order chi connectivity index (χ1) is 5.55. The van der Waals surface area contributed by atoms with Gasteiger partial charge < -0.3 is 10.8 Å². The molecule has 3 N–H and O–H groups in total. The molecule has 0 aliphatic carbocycles. The number of rotatable bonds is 2. The second kappa shape index (κ2) is 3.97. The lowest BCUT2D eigenvalue weighted by molar-refractivity contribution is 0.0388. The Balaban J connectivity index is 4.15. The maximum atomic E-state index is 9.84. The average molecular weight is 187 g/mol. The van der Waals surface area contributed by atoms with Crippen LogP contribution in [0.15, 0.2) is 0 Å².